The quantitative estimate of drug-likeness (QED) is 0.750. The van der Waals surface area contributed by atoms with E-state index in [1.807, 2.05) is 0 Å². The molecule has 0 fully saturated rings. The average molecular weight is 306 g/mol. The van der Waals surface area contributed by atoms with Crippen LogP contribution in [0.25, 0.3) is 0 Å². The first-order valence-corrected chi connectivity index (χ1v) is 8.21. The Morgan fingerprint density at radius 1 is 1.44 bits per heavy atom. The number of aromatic nitrogens is 1. The highest BCUT2D eigenvalue weighted by molar-refractivity contribution is 7.92. The van der Waals surface area contributed by atoms with Gasteiger partial charge in [-0.05, 0) is 0 Å². The van der Waals surface area contributed by atoms with Gasteiger partial charge in [0.25, 0.3) is 10.0 Å². The molecule has 92 valence electrons. The normalized spacial score (nSPS) is 12.9. The second-order valence-electron chi connectivity index (χ2n) is 2.70. The molecule has 0 unspecified atom stereocenters. The van der Waals surface area contributed by atoms with Crippen molar-refractivity contribution in [1.82, 2.24) is 9.71 Å². The lowest BCUT2D eigenvalue weighted by Crippen LogP contribution is -2.31. The summed E-state index contributed by atoms with van der Waals surface area (Å²) in [6.45, 7) is -0.295. The number of nitrogens with one attached hydrogen (secondary N) is 1. The number of sulfonamides is 2. The third-order valence-corrected chi connectivity index (χ3v) is 5.21. The predicted octanol–water partition coefficient (Wildman–Crippen LogP) is -0.637. The molecule has 0 aliphatic rings. The van der Waals surface area contributed by atoms with Gasteiger partial charge in [-0.3, -0.25) is 0 Å². The first-order valence-electron chi connectivity index (χ1n) is 3.82. The van der Waals surface area contributed by atoms with E-state index in [4.69, 9.17) is 16.7 Å². The van der Waals surface area contributed by atoms with E-state index in [0.717, 1.165) is 17.5 Å². The van der Waals surface area contributed by atoms with Gasteiger partial charge in [0.15, 0.2) is 8.68 Å². The maximum Gasteiger partial charge on any atom is 0.251 e. The smallest absolute Gasteiger partial charge is 0.232 e. The fourth-order valence-electron chi connectivity index (χ4n) is 0.753. The Morgan fingerprint density at radius 2 is 2.06 bits per heavy atom. The van der Waals surface area contributed by atoms with E-state index in [9.17, 15) is 16.8 Å². The molecule has 0 bridgehead atoms. The lowest BCUT2D eigenvalue weighted by atomic mass is 10.8. The number of primary sulfonamides is 1. The van der Waals surface area contributed by atoms with Gasteiger partial charge >= 0.3 is 0 Å². The molecule has 0 radical (unpaired) electrons. The van der Waals surface area contributed by atoms with Gasteiger partial charge in [0.05, 0.1) is 11.9 Å². The molecule has 0 amide bonds. The SMILES string of the molecule is NS(=O)(=O)CCNS(=O)(=O)c1cnc(Cl)s1. The Labute approximate surface area is 102 Å². The highest BCUT2D eigenvalue weighted by Gasteiger charge is 2.17. The Balaban J connectivity index is 2.67. The third kappa shape index (κ3) is 4.31. The Morgan fingerprint density at radius 3 is 2.50 bits per heavy atom. The van der Waals surface area contributed by atoms with Crippen LogP contribution in [0.5, 0.6) is 0 Å². The molecule has 1 aromatic rings. The first-order chi connectivity index (χ1) is 7.21. The number of nitrogens with zero attached hydrogens (tertiary/aromatic N) is 1. The molecule has 0 aromatic carbocycles. The minimum absolute atomic E-state index is 0.0769. The Bertz CT molecular complexity index is 563. The molecule has 1 aromatic heterocycles. The standard InChI is InChI=1S/C5H8ClN3O4S3/c6-5-8-3-4(14-5)16(12,13)9-1-2-15(7,10)11/h3,9H,1-2H2,(H2,7,10,11). The van der Waals surface area contributed by atoms with Crippen LogP contribution in [-0.2, 0) is 20.0 Å². The summed E-state index contributed by atoms with van der Waals surface area (Å²) in [6.07, 6.45) is 1.09. The fraction of sp³-hybridized carbons (Fsp3) is 0.400. The van der Waals surface area contributed by atoms with Crippen molar-refractivity contribution in [3.8, 4) is 0 Å². The molecular weight excluding hydrogens is 298 g/mol. The van der Waals surface area contributed by atoms with Crippen LogP contribution in [0.3, 0.4) is 0 Å². The molecule has 0 saturated heterocycles. The molecule has 3 N–H and O–H groups in total. The van der Waals surface area contributed by atoms with Crippen molar-refractivity contribution in [3.63, 3.8) is 0 Å². The summed E-state index contributed by atoms with van der Waals surface area (Å²) in [5.41, 5.74) is 0. The Kier molecular flexibility index (Phi) is 4.26. The number of nitrogens with two attached hydrogens (primary N) is 1. The van der Waals surface area contributed by atoms with Crippen LogP contribution in [0.15, 0.2) is 10.4 Å². The molecule has 1 heterocycles. The van der Waals surface area contributed by atoms with Gasteiger partial charge < -0.3 is 0 Å². The van der Waals surface area contributed by atoms with Crippen LogP contribution in [0.4, 0.5) is 0 Å². The molecule has 0 saturated carbocycles. The predicted molar refractivity (Wildman–Crippen MR) is 60.3 cm³/mol. The van der Waals surface area contributed by atoms with Gasteiger partial charge in [-0.15, -0.1) is 0 Å². The fourth-order valence-corrected chi connectivity index (χ4v) is 3.64. The maximum atomic E-state index is 11.5. The zero-order chi connectivity index (χ0) is 12.4. The van der Waals surface area contributed by atoms with E-state index in [1.165, 1.54) is 0 Å². The van der Waals surface area contributed by atoms with Crippen LogP contribution < -0.4 is 9.86 Å². The number of hydrogen-bond donors (Lipinski definition) is 2. The highest BCUT2D eigenvalue weighted by atomic mass is 35.5. The molecule has 7 nitrogen and oxygen atoms in total. The molecule has 0 aliphatic heterocycles. The molecule has 0 atom stereocenters. The zero-order valence-electron chi connectivity index (χ0n) is 7.75. The van der Waals surface area contributed by atoms with E-state index >= 15 is 0 Å². The van der Waals surface area contributed by atoms with Gasteiger partial charge in [0.1, 0.15) is 0 Å². The Hall–Kier alpha value is -0.260. The number of halogens is 1. The van der Waals surface area contributed by atoms with Crippen molar-refractivity contribution < 1.29 is 16.8 Å². The van der Waals surface area contributed by atoms with Crippen molar-refractivity contribution in [2.45, 2.75) is 4.21 Å². The second-order valence-corrected chi connectivity index (χ2v) is 8.04. The van der Waals surface area contributed by atoms with Crippen LogP contribution in [0, 0.1) is 0 Å². The van der Waals surface area contributed by atoms with E-state index in [-0.39, 0.29) is 15.2 Å². The van der Waals surface area contributed by atoms with Crippen LogP contribution in [0.2, 0.25) is 4.47 Å². The molecule has 0 spiro atoms. The van der Waals surface area contributed by atoms with Crippen molar-refractivity contribution in [2.75, 3.05) is 12.3 Å². The minimum Gasteiger partial charge on any atom is -0.232 e. The maximum absolute atomic E-state index is 11.5. The number of rotatable bonds is 5. The van der Waals surface area contributed by atoms with E-state index in [1.54, 1.807) is 0 Å². The molecule has 11 heteroatoms. The molecule has 16 heavy (non-hydrogen) atoms. The monoisotopic (exact) mass is 305 g/mol. The summed E-state index contributed by atoms with van der Waals surface area (Å²) in [5.74, 6) is -0.473. The molecule has 0 aliphatic carbocycles. The zero-order valence-corrected chi connectivity index (χ0v) is 11.0. The van der Waals surface area contributed by atoms with Crippen molar-refractivity contribution >= 4 is 43.0 Å². The lowest BCUT2D eigenvalue weighted by molar-refractivity contribution is 0.583. The lowest BCUT2D eigenvalue weighted by Gasteiger charge is -2.02. The van der Waals surface area contributed by atoms with Crippen molar-refractivity contribution in [1.29, 1.82) is 0 Å². The number of thiazole rings is 1. The van der Waals surface area contributed by atoms with Gasteiger partial charge in [-0.25, -0.2) is 31.7 Å². The molecule has 1 rings (SSSR count). The number of hydrogen-bond acceptors (Lipinski definition) is 6. The highest BCUT2D eigenvalue weighted by Crippen LogP contribution is 2.21. The molecular formula is C5H8ClN3O4S3. The van der Waals surface area contributed by atoms with Crippen LogP contribution in [0.1, 0.15) is 0 Å². The summed E-state index contributed by atoms with van der Waals surface area (Å²) in [6, 6.07) is 0. The third-order valence-electron chi connectivity index (χ3n) is 1.40. The van der Waals surface area contributed by atoms with Crippen molar-refractivity contribution in [3.05, 3.63) is 10.7 Å². The summed E-state index contributed by atoms with van der Waals surface area (Å²) >= 11 is 6.25. The van der Waals surface area contributed by atoms with Gasteiger partial charge in [0.2, 0.25) is 10.0 Å². The second kappa shape index (κ2) is 4.94. The van der Waals surface area contributed by atoms with Gasteiger partial charge in [-0.1, -0.05) is 22.9 Å². The summed E-state index contributed by atoms with van der Waals surface area (Å²) in [5, 5.41) is 4.71. The summed E-state index contributed by atoms with van der Waals surface area (Å²) in [7, 11) is -7.45. The minimum atomic E-state index is -3.76. The first kappa shape index (κ1) is 13.8. The van der Waals surface area contributed by atoms with E-state index in [2.05, 4.69) is 9.71 Å². The summed E-state index contributed by atoms with van der Waals surface area (Å²) < 4.78 is 46.2. The van der Waals surface area contributed by atoms with Crippen LogP contribution >= 0.6 is 22.9 Å². The van der Waals surface area contributed by atoms with Crippen molar-refractivity contribution in [2.24, 2.45) is 5.14 Å². The summed E-state index contributed by atoms with van der Waals surface area (Å²) in [4.78, 5) is 3.56. The van der Waals surface area contributed by atoms with E-state index < -0.39 is 25.8 Å². The average Bonchev–Trinajstić information content (AvgIpc) is 2.49. The van der Waals surface area contributed by atoms with E-state index in [0.29, 0.717) is 0 Å². The largest absolute Gasteiger partial charge is 0.251 e. The van der Waals surface area contributed by atoms with Gasteiger partial charge in [0, 0.05) is 6.54 Å². The van der Waals surface area contributed by atoms with Crippen LogP contribution in [-0.4, -0.2) is 34.1 Å². The topological polar surface area (TPSA) is 119 Å². The van der Waals surface area contributed by atoms with Gasteiger partial charge in [-0.2, -0.15) is 0 Å².